The summed E-state index contributed by atoms with van der Waals surface area (Å²) < 4.78 is 20.8. The van der Waals surface area contributed by atoms with Gasteiger partial charge in [-0.05, 0) is 43.9 Å². The standard InChI is InChI=1S/C19H26O6/c1-22-16-11-10-14(12-17(16)24-13-18(20)23-2)19(21)25-15-8-6-4-3-5-7-9-15/h10-12,15H,3-9,13H2,1-2H3. The summed E-state index contributed by atoms with van der Waals surface area (Å²) in [6.45, 7) is -0.256. The molecule has 0 heterocycles. The van der Waals surface area contributed by atoms with E-state index in [9.17, 15) is 9.59 Å². The molecule has 0 atom stereocenters. The number of benzene rings is 1. The van der Waals surface area contributed by atoms with Gasteiger partial charge < -0.3 is 18.9 Å². The summed E-state index contributed by atoms with van der Waals surface area (Å²) in [7, 11) is 2.78. The van der Waals surface area contributed by atoms with E-state index in [2.05, 4.69) is 4.74 Å². The number of methoxy groups -OCH3 is 2. The second-order valence-electron chi connectivity index (χ2n) is 6.10. The van der Waals surface area contributed by atoms with E-state index >= 15 is 0 Å². The van der Waals surface area contributed by atoms with Crippen LogP contribution in [0.2, 0.25) is 0 Å². The molecule has 1 fully saturated rings. The predicted octanol–water partition coefficient (Wildman–Crippen LogP) is 3.52. The van der Waals surface area contributed by atoms with Crippen LogP contribution < -0.4 is 9.47 Å². The Morgan fingerprint density at radius 3 is 2.32 bits per heavy atom. The van der Waals surface area contributed by atoms with Gasteiger partial charge in [0.15, 0.2) is 18.1 Å². The number of esters is 2. The zero-order valence-corrected chi connectivity index (χ0v) is 14.9. The number of carbonyl (C=O) groups excluding carboxylic acids is 2. The Morgan fingerprint density at radius 2 is 1.68 bits per heavy atom. The Morgan fingerprint density at radius 1 is 1.00 bits per heavy atom. The zero-order chi connectivity index (χ0) is 18.1. The maximum Gasteiger partial charge on any atom is 0.343 e. The summed E-state index contributed by atoms with van der Waals surface area (Å²) in [6.07, 6.45) is 7.63. The molecule has 1 aromatic carbocycles. The Balaban J connectivity index is 2.03. The third-order valence-electron chi connectivity index (χ3n) is 4.30. The molecule has 1 aromatic rings. The first-order valence-corrected chi connectivity index (χ1v) is 8.72. The molecule has 0 unspecified atom stereocenters. The Labute approximate surface area is 148 Å². The van der Waals surface area contributed by atoms with Gasteiger partial charge in [-0.3, -0.25) is 0 Å². The first-order chi connectivity index (χ1) is 12.1. The smallest absolute Gasteiger partial charge is 0.343 e. The van der Waals surface area contributed by atoms with Crippen LogP contribution in [0.15, 0.2) is 18.2 Å². The molecule has 6 nitrogen and oxygen atoms in total. The van der Waals surface area contributed by atoms with E-state index in [0.29, 0.717) is 17.1 Å². The van der Waals surface area contributed by atoms with Gasteiger partial charge in [-0.25, -0.2) is 9.59 Å². The first kappa shape index (κ1) is 19.1. The molecule has 0 saturated heterocycles. The van der Waals surface area contributed by atoms with E-state index in [1.165, 1.54) is 39.5 Å². The van der Waals surface area contributed by atoms with Gasteiger partial charge in [0.1, 0.15) is 6.10 Å². The minimum atomic E-state index is -0.510. The molecule has 0 N–H and O–H groups in total. The molecule has 2 rings (SSSR count). The van der Waals surface area contributed by atoms with E-state index in [4.69, 9.17) is 14.2 Å². The molecule has 1 saturated carbocycles. The van der Waals surface area contributed by atoms with Crippen molar-refractivity contribution < 1.29 is 28.5 Å². The molecule has 138 valence electrons. The van der Waals surface area contributed by atoms with E-state index in [1.54, 1.807) is 12.1 Å². The number of ether oxygens (including phenoxy) is 4. The Hall–Kier alpha value is -2.24. The van der Waals surface area contributed by atoms with Crippen molar-refractivity contribution in [3.63, 3.8) is 0 Å². The lowest BCUT2D eigenvalue weighted by atomic mass is 9.98. The third-order valence-corrected chi connectivity index (χ3v) is 4.30. The van der Waals surface area contributed by atoms with Crippen LogP contribution in [0.4, 0.5) is 0 Å². The van der Waals surface area contributed by atoms with Crippen LogP contribution in [0.5, 0.6) is 11.5 Å². The van der Waals surface area contributed by atoms with Crippen LogP contribution in [0.3, 0.4) is 0 Å². The normalized spacial score (nSPS) is 15.6. The number of hydrogen-bond acceptors (Lipinski definition) is 6. The minimum Gasteiger partial charge on any atom is -0.493 e. The van der Waals surface area contributed by atoms with Crippen molar-refractivity contribution in [2.45, 2.75) is 51.0 Å². The van der Waals surface area contributed by atoms with Crippen molar-refractivity contribution in [1.29, 1.82) is 0 Å². The lowest BCUT2D eigenvalue weighted by Gasteiger charge is -2.20. The van der Waals surface area contributed by atoms with Gasteiger partial charge in [-0.15, -0.1) is 0 Å². The molecule has 1 aliphatic rings. The first-order valence-electron chi connectivity index (χ1n) is 8.72. The molecular weight excluding hydrogens is 324 g/mol. The van der Waals surface area contributed by atoms with Gasteiger partial charge in [0.05, 0.1) is 19.8 Å². The van der Waals surface area contributed by atoms with Crippen molar-refractivity contribution in [2.75, 3.05) is 20.8 Å². The van der Waals surface area contributed by atoms with Crippen molar-refractivity contribution in [1.82, 2.24) is 0 Å². The van der Waals surface area contributed by atoms with E-state index in [-0.39, 0.29) is 18.7 Å². The highest BCUT2D eigenvalue weighted by molar-refractivity contribution is 5.90. The summed E-state index contributed by atoms with van der Waals surface area (Å²) in [6, 6.07) is 4.80. The molecule has 0 amide bonds. The van der Waals surface area contributed by atoms with Gasteiger partial charge in [-0.1, -0.05) is 19.3 Å². The maximum atomic E-state index is 12.4. The second-order valence-corrected chi connectivity index (χ2v) is 6.10. The van der Waals surface area contributed by atoms with Crippen LogP contribution in [0.25, 0.3) is 0 Å². The average Bonchev–Trinajstić information content (AvgIpc) is 2.61. The maximum absolute atomic E-state index is 12.4. The molecule has 0 radical (unpaired) electrons. The van der Waals surface area contributed by atoms with Crippen LogP contribution >= 0.6 is 0 Å². The Bertz CT molecular complexity index is 575. The molecule has 6 heteroatoms. The van der Waals surface area contributed by atoms with E-state index < -0.39 is 5.97 Å². The summed E-state index contributed by atoms with van der Waals surface area (Å²) in [4.78, 5) is 23.7. The molecule has 0 bridgehead atoms. The predicted molar refractivity (Wildman–Crippen MR) is 92.0 cm³/mol. The fourth-order valence-corrected chi connectivity index (χ4v) is 2.87. The SMILES string of the molecule is COC(=O)COc1cc(C(=O)OC2CCCCCCC2)ccc1OC. The van der Waals surface area contributed by atoms with Crippen LogP contribution in [0, 0.1) is 0 Å². The Kier molecular flexibility index (Phi) is 7.57. The highest BCUT2D eigenvalue weighted by Gasteiger charge is 2.19. The summed E-state index contributed by atoms with van der Waals surface area (Å²) >= 11 is 0. The van der Waals surface area contributed by atoms with Gasteiger partial charge >= 0.3 is 11.9 Å². The van der Waals surface area contributed by atoms with Gasteiger partial charge in [0.2, 0.25) is 0 Å². The monoisotopic (exact) mass is 350 g/mol. The topological polar surface area (TPSA) is 71.1 Å². The van der Waals surface area contributed by atoms with Crippen LogP contribution in [0.1, 0.15) is 55.3 Å². The molecule has 0 aromatic heterocycles. The molecule has 1 aliphatic carbocycles. The molecule has 25 heavy (non-hydrogen) atoms. The van der Waals surface area contributed by atoms with Crippen molar-refractivity contribution in [3.8, 4) is 11.5 Å². The largest absolute Gasteiger partial charge is 0.493 e. The average molecular weight is 350 g/mol. The van der Waals surface area contributed by atoms with Gasteiger partial charge in [0.25, 0.3) is 0 Å². The fraction of sp³-hybridized carbons (Fsp3) is 0.579. The van der Waals surface area contributed by atoms with Gasteiger partial charge in [-0.2, -0.15) is 0 Å². The van der Waals surface area contributed by atoms with Crippen molar-refractivity contribution in [3.05, 3.63) is 23.8 Å². The quantitative estimate of drug-likeness (QED) is 0.731. The highest BCUT2D eigenvalue weighted by Crippen LogP contribution is 2.29. The highest BCUT2D eigenvalue weighted by atomic mass is 16.6. The lowest BCUT2D eigenvalue weighted by molar-refractivity contribution is -0.142. The van der Waals surface area contributed by atoms with E-state index in [0.717, 1.165) is 25.7 Å². The van der Waals surface area contributed by atoms with E-state index in [1.807, 2.05) is 0 Å². The third kappa shape index (κ3) is 5.96. The molecule has 0 spiro atoms. The summed E-state index contributed by atoms with van der Waals surface area (Å²) in [5, 5.41) is 0. The summed E-state index contributed by atoms with van der Waals surface area (Å²) in [5.41, 5.74) is 0.378. The van der Waals surface area contributed by atoms with Crippen LogP contribution in [-0.2, 0) is 14.3 Å². The zero-order valence-electron chi connectivity index (χ0n) is 14.9. The minimum absolute atomic E-state index is 0.0330. The number of carbonyl (C=O) groups is 2. The number of hydrogen-bond donors (Lipinski definition) is 0. The van der Waals surface area contributed by atoms with Gasteiger partial charge in [0, 0.05) is 0 Å². The lowest BCUT2D eigenvalue weighted by Crippen LogP contribution is -2.19. The molecular formula is C19H26O6. The number of rotatable bonds is 6. The van der Waals surface area contributed by atoms with Crippen LogP contribution in [-0.4, -0.2) is 38.9 Å². The van der Waals surface area contributed by atoms with Crippen molar-refractivity contribution >= 4 is 11.9 Å². The fourth-order valence-electron chi connectivity index (χ4n) is 2.87. The molecule has 0 aliphatic heterocycles. The second kappa shape index (κ2) is 9.91. The summed E-state index contributed by atoms with van der Waals surface area (Å²) in [5.74, 6) is -0.146. The van der Waals surface area contributed by atoms with Crippen molar-refractivity contribution in [2.24, 2.45) is 0 Å².